The molecule has 0 saturated carbocycles. The van der Waals surface area contributed by atoms with Crippen LogP contribution in [0.2, 0.25) is 0 Å². The van der Waals surface area contributed by atoms with Gasteiger partial charge < -0.3 is 14.1 Å². The lowest BCUT2D eigenvalue weighted by Crippen LogP contribution is -2.06. The number of aromatic carboxylic acids is 1. The number of halogens is 1. The van der Waals surface area contributed by atoms with Crippen molar-refractivity contribution < 1.29 is 14.3 Å². The molecule has 200 valence electrons. The third-order valence-electron chi connectivity index (χ3n) is 7.26. The molecule has 0 saturated heterocycles. The number of imidazole rings is 1. The number of nitrogens with zero attached hydrogens (tertiary/aromatic N) is 3. The van der Waals surface area contributed by atoms with E-state index in [9.17, 15) is 9.90 Å². The molecule has 0 bridgehead atoms. The Balaban J connectivity index is 1.43. The monoisotopic (exact) mass is 593 g/mol. The molecule has 0 aliphatic rings. The van der Waals surface area contributed by atoms with Gasteiger partial charge in [-0.15, -0.1) is 0 Å². The number of carboxylic acid groups (broad SMARTS) is 1. The smallest absolute Gasteiger partial charge is 0.336 e. The Morgan fingerprint density at radius 2 is 1.75 bits per heavy atom. The van der Waals surface area contributed by atoms with Gasteiger partial charge >= 0.3 is 5.97 Å². The number of benzene rings is 3. The van der Waals surface area contributed by atoms with Crippen LogP contribution < -0.4 is 0 Å². The molecule has 3 aromatic heterocycles. The Labute approximate surface area is 240 Å². The summed E-state index contributed by atoms with van der Waals surface area (Å²) in [5, 5.41) is 10.6. The highest BCUT2D eigenvalue weighted by Gasteiger charge is 2.21. The van der Waals surface area contributed by atoms with Crippen LogP contribution >= 0.6 is 15.9 Å². The first kappa shape index (κ1) is 26.0. The second kappa shape index (κ2) is 10.7. The molecule has 0 aliphatic heterocycles. The van der Waals surface area contributed by atoms with E-state index in [1.165, 1.54) is 0 Å². The average Bonchev–Trinajstić information content (AvgIpc) is 3.48. The molecule has 0 unspecified atom stereocenters. The van der Waals surface area contributed by atoms with E-state index < -0.39 is 5.97 Å². The van der Waals surface area contributed by atoms with Gasteiger partial charge in [0, 0.05) is 28.6 Å². The van der Waals surface area contributed by atoms with Gasteiger partial charge in [-0.25, -0.2) is 14.8 Å². The van der Waals surface area contributed by atoms with E-state index in [2.05, 4.69) is 58.6 Å². The van der Waals surface area contributed by atoms with E-state index in [-0.39, 0.29) is 5.56 Å². The number of unbranched alkanes of at least 4 members (excludes halogenated alkanes) is 1. The second-order valence-corrected chi connectivity index (χ2v) is 10.8. The van der Waals surface area contributed by atoms with Crippen molar-refractivity contribution in [1.82, 2.24) is 14.5 Å². The molecule has 0 atom stereocenters. The van der Waals surface area contributed by atoms with Gasteiger partial charge in [0.2, 0.25) is 0 Å². The van der Waals surface area contributed by atoms with Gasteiger partial charge in [-0.05, 0) is 64.7 Å². The summed E-state index contributed by atoms with van der Waals surface area (Å²) in [5.41, 5.74) is 7.48. The molecular weight excluding hydrogens is 566 g/mol. The highest BCUT2D eigenvalue weighted by Crippen LogP contribution is 2.39. The van der Waals surface area contributed by atoms with E-state index in [1.54, 1.807) is 18.2 Å². The van der Waals surface area contributed by atoms with Crippen LogP contribution in [-0.2, 0) is 13.0 Å². The van der Waals surface area contributed by atoms with E-state index in [0.717, 1.165) is 68.5 Å². The Bertz CT molecular complexity index is 1870. The minimum atomic E-state index is -0.992. The lowest BCUT2D eigenvalue weighted by atomic mass is 10.0. The maximum Gasteiger partial charge on any atom is 0.336 e. The van der Waals surface area contributed by atoms with Gasteiger partial charge in [0.15, 0.2) is 5.65 Å². The fourth-order valence-electron chi connectivity index (χ4n) is 5.22. The summed E-state index contributed by atoms with van der Waals surface area (Å²) in [6.07, 6.45) is 3.01. The first-order valence-electron chi connectivity index (χ1n) is 13.4. The lowest BCUT2D eigenvalue weighted by molar-refractivity contribution is 0.0697. The lowest BCUT2D eigenvalue weighted by Gasteiger charge is -2.10. The van der Waals surface area contributed by atoms with Gasteiger partial charge in [0.25, 0.3) is 0 Å². The summed E-state index contributed by atoms with van der Waals surface area (Å²) in [7, 11) is 0. The SMILES string of the molecule is CCCCc1nc2cc(-c3ccccc3)c(C)nc2n1Cc1ccc2oc(-c3ccccc3C(=O)O)c(Br)c2c1. The summed E-state index contributed by atoms with van der Waals surface area (Å²) in [4.78, 5) is 21.9. The minimum Gasteiger partial charge on any atom is -0.478 e. The van der Waals surface area contributed by atoms with Crippen LogP contribution in [0.15, 0.2) is 87.8 Å². The molecule has 40 heavy (non-hydrogen) atoms. The molecule has 0 radical (unpaired) electrons. The number of carbonyl (C=O) groups is 1. The highest BCUT2D eigenvalue weighted by molar-refractivity contribution is 9.10. The van der Waals surface area contributed by atoms with Crippen LogP contribution in [0.25, 0.3) is 44.6 Å². The number of hydrogen-bond donors (Lipinski definition) is 1. The van der Waals surface area contributed by atoms with Crippen molar-refractivity contribution in [3.63, 3.8) is 0 Å². The van der Waals surface area contributed by atoms with Crippen molar-refractivity contribution in [2.45, 2.75) is 39.7 Å². The van der Waals surface area contributed by atoms with Crippen molar-refractivity contribution in [1.29, 1.82) is 0 Å². The van der Waals surface area contributed by atoms with Gasteiger partial charge in [-0.1, -0.05) is 67.9 Å². The molecule has 0 spiro atoms. The quantitative estimate of drug-likeness (QED) is 0.191. The maximum atomic E-state index is 11.8. The summed E-state index contributed by atoms with van der Waals surface area (Å²) >= 11 is 3.69. The fourth-order valence-corrected chi connectivity index (χ4v) is 5.83. The van der Waals surface area contributed by atoms with Crippen molar-refractivity contribution in [2.24, 2.45) is 0 Å². The number of carboxylic acids is 1. The van der Waals surface area contributed by atoms with E-state index in [1.807, 2.05) is 36.4 Å². The largest absolute Gasteiger partial charge is 0.478 e. The summed E-state index contributed by atoms with van der Waals surface area (Å²) in [6.45, 7) is 4.85. The van der Waals surface area contributed by atoms with Crippen LogP contribution in [0.5, 0.6) is 0 Å². The topological polar surface area (TPSA) is 81.2 Å². The van der Waals surface area contributed by atoms with Crippen LogP contribution in [0, 0.1) is 6.92 Å². The Kier molecular flexibility index (Phi) is 6.98. The second-order valence-electron chi connectivity index (χ2n) is 9.97. The number of furan rings is 1. The van der Waals surface area contributed by atoms with Crippen molar-refractivity contribution in [3.05, 3.63) is 106 Å². The Morgan fingerprint density at radius 1 is 0.975 bits per heavy atom. The first-order chi connectivity index (χ1) is 19.4. The number of pyridine rings is 1. The number of hydrogen-bond acceptors (Lipinski definition) is 4. The van der Waals surface area contributed by atoms with E-state index >= 15 is 0 Å². The zero-order valence-corrected chi connectivity index (χ0v) is 23.9. The summed E-state index contributed by atoms with van der Waals surface area (Å²) in [5.74, 6) is 0.539. The van der Waals surface area contributed by atoms with Gasteiger partial charge in [0.1, 0.15) is 22.7 Å². The Hall–Kier alpha value is -4.23. The van der Waals surface area contributed by atoms with Crippen LogP contribution in [0.3, 0.4) is 0 Å². The maximum absolute atomic E-state index is 11.8. The third kappa shape index (κ3) is 4.71. The summed E-state index contributed by atoms with van der Waals surface area (Å²) < 4.78 is 9.10. The summed E-state index contributed by atoms with van der Waals surface area (Å²) in [6, 6.07) is 25.4. The zero-order chi connectivity index (χ0) is 27.8. The Morgan fingerprint density at radius 3 is 2.52 bits per heavy atom. The van der Waals surface area contributed by atoms with Crippen LogP contribution in [0.4, 0.5) is 0 Å². The molecule has 1 N–H and O–H groups in total. The van der Waals surface area contributed by atoms with Crippen molar-refractivity contribution in [3.8, 4) is 22.5 Å². The van der Waals surface area contributed by atoms with Gasteiger partial charge in [-0.2, -0.15) is 0 Å². The van der Waals surface area contributed by atoms with Crippen molar-refractivity contribution in [2.75, 3.05) is 0 Å². The fraction of sp³-hybridized carbons (Fsp3) is 0.182. The van der Waals surface area contributed by atoms with E-state index in [0.29, 0.717) is 23.5 Å². The van der Waals surface area contributed by atoms with Gasteiger partial charge in [0.05, 0.1) is 16.6 Å². The van der Waals surface area contributed by atoms with Gasteiger partial charge in [-0.3, -0.25) is 0 Å². The van der Waals surface area contributed by atoms with Crippen LogP contribution in [0.1, 0.15) is 47.2 Å². The first-order valence-corrected chi connectivity index (χ1v) is 14.2. The number of aromatic nitrogens is 3. The minimum absolute atomic E-state index is 0.198. The molecule has 0 aliphatic carbocycles. The average molecular weight is 595 g/mol. The molecule has 6 rings (SSSR count). The molecular formula is C33H28BrN3O3. The third-order valence-corrected chi connectivity index (χ3v) is 8.05. The highest BCUT2D eigenvalue weighted by atomic mass is 79.9. The number of rotatable bonds is 8. The molecule has 7 heteroatoms. The standard InChI is InChI=1S/C33H28BrN3O3/c1-3-4-14-29-36-27-18-25(22-10-6-5-7-11-22)20(2)35-32(27)37(29)19-21-15-16-28-26(17-21)30(34)31(40-28)23-12-8-9-13-24(23)33(38)39/h5-13,15-18H,3-4,14,19H2,1-2H3,(H,38,39). The normalized spacial score (nSPS) is 11.5. The molecule has 3 aromatic carbocycles. The number of fused-ring (bicyclic) bond motifs is 2. The van der Waals surface area contributed by atoms with Crippen LogP contribution in [-0.4, -0.2) is 25.6 Å². The molecule has 0 amide bonds. The molecule has 6 aromatic rings. The molecule has 0 fully saturated rings. The molecule has 6 nitrogen and oxygen atoms in total. The zero-order valence-electron chi connectivity index (χ0n) is 22.3. The van der Waals surface area contributed by atoms with E-state index in [4.69, 9.17) is 14.4 Å². The predicted octanol–water partition coefficient (Wildman–Crippen LogP) is 8.67. The number of aryl methyl sites for hydroxylation is 2. The van der Waals surface area contributed by atoms with Crippen molar-refractivity contribution >= 4 is 44.0 Å². The predicted molar refractivity (Wildman–Crippen MR) is 162 cm³/mol. The molecule has 3 heterocycles.